The van der Waals surface area contributed by atoms with Gasteiger partial charge >= 0.3 is 5.97 Å². The lowest BCUT2D eigenvalue weighted by molar-refractivity contribution is -0.152. The van der Waals surface area contributed by atoms with Gasteiger partial charge in [-0.15, -0.1) is 0 Å². The molecule has 1 N–H and O–H groups in total. The van der Waals surface area contributed by atoms with E-state index in [4.69, 9.17) is 14.6 Å². The van der Waals surface area contributed by atoms with Crippen LogP contribution in [0.2, 0.25) is 0 Å². The van der Waals surface area contributed by atoms with Crippen molar-refractivity contribution in [2.45, 2.75) is 50.7 Å². The van der Waals surface area contributed by atoms with Crippen molar-refractivity contribution in [2.75, 3.05) is 13.2 Å². The maximum absolute atomic E-state index is 11.3. The van der Waals surface area contributed by atoms with Crippen LogP contribution in [0.3, 0.4) is 0 Å². The standard InChI is InChI=1S/C13H20O5/c14-12(13(15)16)9-3-5-10(6-4-9)18-8-11-2-1-7-17-11/h9-11H,1-8H2,(H,15,16). The van der Waals surface area contributed by atoms with Gasteiger partial charge in [0.1, 0.15) is 0 Å². The van der Waals surface area contributed by atoms with Gasteiger partial charge in [0.05, 0.1) is 18.8 Å². The van der Waals surface area contributed by atoms with E-state index in [9.17, 15) is 9.59 Å². The van der Waals surface area contributed by atoms with E-state index in [2.05, 4.69) is 0 Å². The molecule has 0 aromatic carbocycles. The summed E-state index contributed by atoms with van der Waals surface area (Å²) in [6.45, 7) is 1.45. The number of carbonyl (C=O) groups excluding carboxylic acids is 1. The van der Waals surface area contributed by atoms with Crippen LogP contribution in [0.5, 0.6) is 0 Å². The van der Waals surface area contributed by atoms with Crippen molar-refractivity contribution in [1.82, 2.24) is 0 Å². The molecule has 1 atom stereocenters. The summed E-state index contributed by atoms with van der Waals surface area (Å²) < 4.78 is 11.2. The monoisotopic (exact) mass is 256 g/mol. The molecule has 2 rings (SSSR count). The zero-order valence-corrected chi connectivity index (χ0v) is 10.5. The molecule has 2 aliphatic rings. The molecule has 18 heavy (non-hydrogen) atoms. The van der Waals surface area contributed by atoms with Gasteiger partial charge < -0.3 is 14.6 Å². The number of carboxylic acid groups (broad SMARTS) is 1. The Morgan fingerprint density at radius 2 is 1.89 bits per heavy atom. The Hall–Kier alpha value is -0.940. The average Bonchev–Trinajstić information content (AvgIpc) is 2.89. The molecule has 0 aromatic rings. The van der Waals surface area contributed by atoms with Crippen LogP contribution >= 0.6 is 0 Å². The van der Waals surface area contributed by atoms with Crippen LogP contribution in [0, 0.1) is 5.92 Å². The summed E-state index contributed by atoms with van der Waals surface area (Å²) in [5.74, 6) is -2.27. The molecule has 2 fully saturated rings. The minimum Gasteiger partial charge on any atom is -0.475 e. The topological polar surface area (TPSA) is 72.8 Å². The summed E-state index contributed by atoms with van der Waals surface area (Å²) in [4.78, 5) is 21.9. The van der Waals surface area contributed by atoms with E-state index >= 15 is 0 Å². The van der Waals surface area contributed by atoms with Crippen LogP contribution in [0.25, 0.3) is 0 Å². The number of aliphatic carboxylic acids is 1. The Balaban J connectivity index is 1.66. The van der Waals surface area contributed by atoms with Gasteiger partial charge in [-0.05, 0) is 38.5 Å². The van der Waals surface area contributed by atoms with Crippen LogP contribution < -0.4 is 0 Å². The number of Topliss-reactive ketones (excluding diaryl/α,β-unsaturated/α-hetero) is 1. The number of carboxylic acids is 1. The van der Waals surface area contributed by atoms with Crippen LogP contribution in [-0.2, 0) is 19.1 Å². The number of hydrogen-bond donors (Lipinski definition) is 1. The van der Waals surface area contributed by atoms with Crippen LogP contribution in [0.15, 0.2) is 0 Å². The minimum atomic E-state index is -1.31. The zero-order valence-electron chi connectivity index (χ0n) is 10.5. The lowest BCUT2D eigenvalue weighted by Gasteiger charge is -2.27. The predicted octanol–water partition coefficient (Wildman–Crippen LogP) is 1.39. The SMILES string of the molecule is O=C(O)C(=O)C1CCC(OCC2CCCO2)CC1. The van der Waals surface area contributed by atoms with Crippen molar-refractivity contribution in [2.24, 2.45) is 5.92 Å². The number of ketones is 1. The highest BCUT2D eigenvalue weighted by Gasteiger charge is 2.30. The number of ether oxygens (including phenoxy) is 2. The van der Waals surface area contributed by atoms with E-state index in [1.54, 1.807) is 0 Å². The van der Waals surface area contributed by atoms with E-state index in [0.717, 1.165) is 32.3 Å². The minimum absolute atomic E-state index is 0.159. The third kappa shape index (κ3) is 3.53. The normalized spacial score (nSPS) is 32.3. The molecule has 5 nitrogen and oxygen atoms in total. The largest absolute Gasteiger partial charge is 0.475 e. The Bertz CT molecular complexity index is 301. The second-order valence-electron chi connectivity index (χ2n) is 5.11. The molecule has 0 radical (unpaired) electrons. The summed E-state index contributed by atoms with van der Waals surface area (Å²) in [7, 11) is 0. The maximum Gasteiger partial charge on any atom is 0.372 e. The smallest absolute Gasteiger partial charge is 0.372 e. The third-order valence-corrected chi connectivity index (χ3v) is 3.80. The average molecular weight is 256 g/mol. The Morgan fingerprint density at radius 1 is 1.17 bits per heavy atom. The second-order valence-corrected chi connectivity index (χ2v) is 5.11. The van der Waals surface area contributed by atoms with Crippen molar-refractivity contribution >= 4 is 11.8 Å². The molecule has 1 unspecified atom stereocenters. The van der Waals surface area contributed by atoms with Crippen molar-refractivity contribution in [1.29, 1.82) is 0 Å². The molecule has 0 spiro atoms. The molecular formula is C13H20O5. The second kappa shape index (κ2) is 6.29. The van der Waals surface area contributed by atoms with E-state index in [-0.39, 0.29) is 18.1 Å². The molecule has 0 bridgehead atoms. The zero-order chi connectivity index (χ0) is 13.0. The molecule has 1 saturated carbocycles. The molecule has 5 heteroatoms. The molecule has 0 aromatic heterocycles. The molecule has 1 aliphatic heterocycles. The summed E-state index contributed by atoms with van der Waals surface area (Å²) >= 11 is 0. The first-order valence-electron chi connectivity index (χ1n) is 6.67. The predicted molar refractivity (Wildman–Crippen MR) is 63.3 cm³/mol. The van der Waals surface area contributed by atoms with Gasteiger partial charge in [-0.3, -0.25) is 4.79 Å². The van der Waals surface area contributed by atoms with E-state index in [1.807, 2.05) is 0 Å². The highest BCUT2D eigenvalue weighted by atomic mass is 16.5. The van der Waals surface area contributed by atoms with Crippen molar-refractivity contribution in [3.63, 3.8) is 0 Å². The van der Waals surface area contributed by atoms with Gasteiger partial charge in [-0.25, -0.2) is 4.79 Å². The van der Waals surface area contributed by atoms with Gasteiger partial charge in [-0.2, -0.15) is 0 Å². The van der Waals surface area contributed by atoms with Gasteiger partial charge in [0, 0.05) is 12.5 Å². The molecule has 1 aliphatic carbocycles. The summed E-state index contributed by atoms with van der Waals surface area (Å²) in [5, 5.41) is 8.65. The summed E-state index contributed by atoms with van der Waals surface area (Å²) in [5.41, 5.74) is 0. The molecule has 0 amide bonds. The number of hydrogen-bond acceptors (Lipinski definition) is 4. The first kappa shape index (κ1) is 13.5. The lowest BCUT2D eigenvalue weighted by atomic mass is 9.84. The fraction of sp³-hybridized carbons (Fsp3) is 0.846. The van der Waals surface area contributed by atoms with Crippen LogP contribution in [0.1, 0.15) is 38.5 Å². The fourth-order valence-electron chi connectivity index (χ4n) is 2.69. The van der Waals surface area contributed by atoms with Crippen LogP contribution in [-0.4, -0.2) is 42.3 Å². The summed E-state index contributed by atoms with van der Waals surface area (Å²) in [6.07, 6.45) is 5.35. The van der Waals surface area contributed by atoms with Crippen molar-refractivity contribution in [3.8, 4) is 0 Å². The quantitative estimate of drug-likeness (QED) is 0.753. The van der Waals surface area contributed by atoms with Crippen LogP contribution in [0.4, 0.5) is 0 Å². The molecule has 1 saturated heterocycles. The Morgan fingerprint density at radius 3 is 2.44 bits per heavy atom. The first-order chi connectivity index (χ1) is 8.66. The van der Waals surface area contributed by atoms with Gasteiger partial charge in [0.25, 0.3) is 0 Å². The maximum atomic E-state index is 11.3. The number of carbonyl (C=O) groups is 2. The van der Waals surface area contributed by atoms with E-state index in [1.165, 1.54) is 0 Å². The summed E-state index contributed by atoms with van der Waals surface area (Å²) in [6, 6.07) is 0. The van der Waals surface area contributed by atoms with E-state index < -0.39 is 11.8 Å². The fourth-order valence-corrected chi connectivity index (χ4v) is 2.69. The first-order valence-corrected chi connectivity index (χ1v) is 6.67. The Kier molecular flexibility index (Phi) is 4.72. The highest BCUT2D eigenvalue weighted by Crippen LogP contribution is 2.27. The number of rotatable bonds is 5. The molecule has 1 heterocycles. The lowest BCUT2D eigenvalue weighted by Crippen LogP contribution is -2.31. The highest BCUT2D eigenvalue weighted by molar-refractivity contribution is 6.33. The third-order valence-electron chi connectivity index (χ3n) is 3.80. The molecular weight excluding hydrogens is 236 g/mol. The van der Waals surface area contributed by atoms with Gasteiger partial charge in [0.15, 0.2) is 0 Å². The van der Waals surface area contributed by atoms with Gasteiger partial charge in [-0.1, -0.05) is 0 Å². The van der Waals surface area contributed by atoms with Gasteiger partial charge in [0.2, 0.25) is 5.78 Å². The van der Waals surface area contributed by atoms with Crippen molar-refractivity contribution in [3.05, 3.63) is 0 Å². The van der Waals surface area contributed by atoms with Crippen molar-refractivity contribution < 1.29 is 24.2 Å². The Labute approximate surface area is 106 Å². The van der Waals surface area contributed by atoms with E-state index in [0.29, 0.717) is 19.4 Å². The molecule has 102 valence electrons.